The van der Waals surface area contributed by atoms with Gasteiger partial charge in [0.05, 0.1) is 11.3 Å². The number of rotatable bonds is 5. The van der Waals surface area contributed by atoms with Gasteiger partial charge in [-0.2, -0.15) is 0 Å². The van der Waals surface area contributed by atoms with Gasteiger partial charge in [0, 0.05) is 0 Å². The van der Waals surface area contributed by atoms with Crippen LogP contribution in [0.1, 0.15) is 71.1 Å². The Balaban J connectivity index is 1.60. The summed E-state index contributed by atoms with van der Waals surface area (Å²) in [7, 11) is 0. The van der Waals surface area contributed by atoms with Gasteiger partial charge in [0.25, 0.3) is 0 Å². The van der Waals surface area contributed by atoms with E-state index in [0.717, 1.165) is 5.17 Å². The molecule has 0 aromatic rings. The van der Waals surface area contributed by atoms with Crippen LogP contribution in [-0.4, -0.2) is 22.4 Å². The third-order valence-corrected chi connectivity index (χ3v) is 6.47. The number of fused-ring (bicyclic) bond motifs is 3. The van der Waals surface area contributed by atoms with Crippen LogP contribution >= 0.6 is 11.8 Å². The average molecular weight is 294 g/mol. The first-order valence-electron chi connectivity index (χ1n) is 8.18. The highest BCUT2D eigenvalue weighted by molar-refractivity contribution is 8.15. The predicted octanol–water partition coefficient (Wildman–Crippen LogP) is 3.88. The lowest BCUT2D eigenvalue weighted by molar-refractivity contribution is -0.116. The molecular formula is C16H26N2OS. The molecular weight excluding hydrogens is 268 g/mol. The van der Waals surface area contributed by atoms with Crippen molar-refractivity contribution in [2.45, 2.75) is 76.7 Å². The molecule has 0 spiro atoms. The highest BCUT2D eigenvalue weighted by Crippen LogP contribution is 2.56. The number of nitrogens with one attached hydrogen (secondary N) is 1. The van der Waals surface area contributed by atoms with Gasteiger partial charge < -0.3 is 5.32 Å². The maximum absolute atomic E-state index is 11.3. The number of carbonyl (C=O) groups is 1. The molecule has 1 N–H and O–H groups in total. The lowest BCUT2D eigenvalue weighted by Gasteiger charge is -2.52. The molecule has 0 aromatic carbocycles. The molecule has 3 saturated carbocycles. The summed E-state index contributed by atoms with van der Waals surface area (Å²) in [5.41, 5.74) is 0.801. The fourth-order valence-electron chi connectivity index (χ4n) is 4.14. The van der Waals surface area contributed by atoms with Crippen LogP contribution in [0, 0.1) is 5.41 Å². The van der Waals surface area contributed by atoms with Crippen LogP contribution in [-0.2, 0) is 4.79 Å². The molecule has 4 rings (SSSR count). The SMILES string of the molecule is CCCCCC12CCC(N=C3NC(=O)CS3)(CC1)CC2. The van der Waals surface area contributed by atoms with Gasteiger partial charge in [0.2, 0.25) is 5.91 Å². The van der Waals surface area contributed by atoms with E-state index in [4.69, 9.17) is 4.99 Å². The van der Waals surface area contributed by atoms with E-state index in [9.17, 15) is 4.79 Å². The number of hydrogen-bond donors (Lipinski definition) is 1. The number of amidine groups is 1. The number of unbranched alkanes of at least 4 members (excludes halogenated alkanes) is 2. The summed E-state index contributed by atoms with van der Waals surface area (Å²) in [6.45, 7) is 2.29. The number of aliphatic imine (C=N–C) groups is 1. The molecule has 3 nitrogen and oxygen atoms in total. The highest BCUT2D eigenvalue weighted by Gasteiger charge is 2.48. The number of thioether (sulfide) groups is 1. The van der Waals surface area contributed by atoms with E-state index in [1.165, 1.54) is 64.2 Å². The van der Waals surface area contributed by atoms with Gasteiger partial charge in [-0.3, -0.25) is 9.79 Å². The van der Waals surface area contributed by atoms with Crippen molar-refractivity contribution >= 4 is 22.8 Å². The number of amides is 1. The van der Waals surface area contributed by atoms with E-state index >= 15 is 0 Å². The molecule has 4 fully saturated rings. The first-order valence-corrected chi connectivity index (χ1v) is 9.17. The second kappa shape index (κ2) is 5.70. The molecule has 2 bridgehead atoms. The van der Waals surface area contributed by atoms with Crippen LogP contribution in [0.5, 0.6) is 0 Å². The van der Waals surface area contributed by atoms with Crippen molar-refractivity contribution in [2.24, 2.45) is 10.4 Å². The van der Waals surface area contributed by atoms with Crippen molar-refractivity contribution in [2.75, 3.05) is 5.75 Å². The van der Waals surface area contributed by atoms with Crippen LogP contribution in [0.15, 0.2) is 4.99 Å². The highest BCUT2D eigenvalue weighted by atomic mass is 32.2. The van der Waals surface area contributed by atoms with Gasteiger partial charge in [0.15, 0.2) is 5.17 Å². The van der Waals surface area contributed by atoms with Crippen molar-refractivity contribution in [3.63, 3.8) is 0 Å². The molecule has 4 heteroatoms. The maximum Gasteiger partial charge on any atom is 0.236 e. The lowest BCUT2D eigenvalue weighted by Crippen LogP contribution is -2.45. The van der Waals surface area contributed by atoms with E-state index in [-0.39, 0.29) is 11.4 Å². The second-order valence-electron chi connectivity index (χ2n) is 6.94. The summed E-state index contributed by atoms with van der Waals surface area (Å²) in [5, 5.41) is 3.79. The Morgan fingerprint density at radius 1 is 1.15 bits per heavy atom. The summed E-state index contributed by atoms with van der Waals surface area (Å²) in [6.07, 6.45) is 13.3. The number of hydrogen-bond acceptors (Lipinski definition) is 3. The Hall–Kier alpha value is -0.510. The topological polar surface area (TPSA) is 41.5 Å². The van der Waals surface area contributed by atoms with E-state index in [1.807, 2.05) is 0 Å². The van der Waals surface area contributed by atoms with Gasteiger partial charge in [-0.15, -0.1) is 0 Å². The van der Waals surface area contributed by atoms with Crippen LogP contribution in [0.25, 0.3) is 0 Å². The summed E-state index contributed by atoms with van der Waals surface area (Å²) in [6, 6.07) is 0. The quantitative estimate of drug-likeness (QED) is 0.782. The van der Waals surface area contributed by atoms with Crippen LogP contribution in [0.3, 0.4) is 0 Å². The summed E-state index contributed by atoms with van der Waals surface area (Å²) in [5.74, 6) is 0.668. The van der Waals surface area contributed by atoms with Gasteiger partial charge >= 0.3 is 0 Å². The van der Waals surface area contributed by atoms with Crippen molar-refractivity contribution in [3.8, 4) is 0 Å². The predicted molar refractivity (Wildman–Crippen MR) is 85.0 cm³/mol. The minimum Gasteiger partial charge on any atom is -0.305 e. The molecule has 0 radical (unpaired) electrons. The summed E-state index contributed by atoms with van der Waals surface area (Å²) < 4.78 is 0. The third kappa shape index (κ3) is 2.90. The standard InChI is InChI=1S/C16H26N2OS/c1-2-3-4-5-15-6-9-16(10-7-15,11-8-15)18-14-17-13(19)12-20-14/h2-12H2,1H3,(H,17,18,19). The largest absolute Gasteiger partial charge is 0.305 e. The third-order valence-electron chi connectivity index (χ3n) is 5.60. The van der Waals surface area contributed by atoms with Crippen molar-refractivity contribution in [1.29, 1.82) is 0 Å². The Kier molecular flexibility index (Phi) is 4.11. The van der Waals surface area contributed by atoms with Gasteiger partial charge in [-0.25, -0.2) is 0 Å². The maximum atomic E-state index is 11.3. The zero-order chi connectivity index (χ0) is 14.1. The van der Waals surface area contributed by atoms with Crippen molar-refractivity contribution in [3.05, 3.63) is 0 Å². The zero-order valence-electron chi connectivity index (χ0n) is 12.5. The molecule has 0 aromatic heterocycles. The van der Waals surface area contributed by atoms with Crippen LogP contribution in [0.4, 0.5) is 0 Å². The van der Waals surface area contributed by atoms with Crippen LogP contribution in [0.2, 0.25) is 0 Å². The number of nitrogens with zero attached hydrogens (tertiary/aromatic N) is 1. The molecule has 3 aliphatic carbocycles. The van der Waals surface area contributed by atoms with Gasteiger partial charge in [-0.1, -0.05) is 37.9 Å². The first-order chi connectivity index (χ1) is 9.65. The molecule has 20 heavy (non-hydrogen) atoms. The zero-order valence-corrected chi connectivity index (χ0v) is 13.4. The molecule has 1 heterocycles. The second-order valence-corrected chi connectivity index (χ2v) is 7.90. The first kappa shape index (κ1) is 14.4. The molecule has 1 aliphatic heterocycles. The normalized spacial score (nSPS) is 38.5. The van der Waals surface area contributed by atoms with Crippen molar-refractivity contribution < 1.29 is 4.79 Å². The Morgan fingerprint density at radius 2 is 1.85 bits per heavy atom. The molecule has 0 atom stereocenters. The Morgan fingerprint density at radius 3 is 2.40 bits per heavy atom. The van der Waals surface area contributed by atoms with Crippen LogP contribution < -0.4 is 5.32 Å². The minimum absolute atomic E-state index is 0.116. The van der Waals surface area contributed by atoms with Crippen molar-refractivity contribution in [1.82, 2.24) is 5.32 Å². The van der Waals surface area contributed by atoms with E-state index in [1.54, 1.807) is 11.8 Å². The summed E-state index contributed by atoms with van der Waals surface area (Å²) >= 11 is 1.58. The molecule has 112 valence electrons. The van der Waals surface area contributed by atoms with E-state index in [2.05, 4.69) is 12.2 Å². The van der Waals surface area contributed by atoms with E-state index in [0.29, 0.717) is 11.2 Å². The molecule has 1 saturated heterocycles. The Labute approximate surface area is 126 Å². The lowest BCUT2D eigenvalue weighted by atomic mass is 9.56. The molecule has 4 aliphatic rings. The Bertz CT molecular complexity index is 394. The fraction of sp³-hybridized carbons (Fsp3) is 0.875. The fourth-order valence-corrected chi connectivity index (χ4v) is 4.92. The molecule has 0 unspecified atom stereocenters. The molecule has 1 amide bonds. The minimum atomic E-state index is 0.116. The van der Waals surface area contributed by atoms with Gasteiger partial charge in [-0.05, 0) is 50.4 Å². The van der Waals surface area contributed by atoms with E-state index < -0.39 is 0 Å². The monoisotopic (exact) mass is 294 g/mol. The van der Waals surface area contributed by atoms with Gasteiger partial charge in [0.1, 0.15) is 0 Å². The summed E-state index contributed by atoms with van der Waals surface area (Å²) in [4.78, 5) is 16.2. The average Bonchev–Trinajstić information content (AvgIpc) is 2.86. The number of carbonyl (C=O) groups excluding carboxylic acids is 1. The smallest absolute Gasteiger partial charge is 0.236 e.